The Morgan fingerprint density at radius 2 is 0.918 bits per heavy atom. The van der Waals surface area contributed by atoms with Gasteiger partial charge in [-0.3, -0.25) is 10.8 Å². The normalized spacial score (nSPS) is 10.6. The van der Waals surface area contributed by atoms with Crippen LogP contribution in [0.5, 0.6) is 0 Å². The van der Waals surface area contributed by atoms with Gasteiger partial charge in [0.25, 0.3) is 0 Å². The van der Waals surface area contributed by atoms with Gasteiger partial charge in [-0.15, -0.1) is 0 Å². The van der Waals surface area contributed by atoms with Gasteiger partial charge in [-0.1, -0.05) is 127 Å². The molecule has 0 saturated heterocycles. The summed E-state index contributed by atoms with van der Waals surface area (Å²) in [5.41, 5.74) is 7.50. The molecule has 0 unspecified atom stereocenters. The van der Waals surface area contributed by atoms with Crippen molar-refractivity contribution >= 4 is 11.8 Å². The number of nitrogens with zero attached hydrogens (tertiary/aromatic N) is 4. The molecule has 0 fully saturated rings. The molecule has 6 aromatic carbocycles. The lowest BCUT2D eigenvalue weighted by Crippen LogP contribution is -2.12. The number of aromatic nitrogens is 3. The lowest BCUT2D eigenvalue weighted by atomic mass is 9.92. The Morgan fingerprint density at radius 3 is 1.49 bits per heavy atom. The van der Waals surface area contributed by atoms with Crippen LogP contribution < -0.4 is 0 Å². The molecule has 232 valence electrons. The van der Waals surface area contributed by atoms with Crippen molar-refractivity contribution in [3.63, 3.8) is 0 Å². The highest BCUT2D eigenvalue weighted by atomic mass is 16.5. The minimum Gasteiger partial charge on any atom is -0.421 e. The third-order valence-electron chi connectivity index (χ3n) is 8.02. The zero-order valence-electron chi connectivity index (χ0n) is 26.2. The van der Waals surface area contributed by atoms with E-state index in [0.717, 1.165) is 38.9 Å². The van der Waals surface area contributed by atoms with Crippen LogP contribution >= 0.6 is 0 Å². The SMILES string of the molecule is N#Cc1cc(-c2ccc(C(=N)OC(=N)c3ccccc3)cc2)ccc1-c1ccccc1-c1nc(-c2ccccc2)nc(-c2ccccc2)n1. The van der Waals surface area contributed by atoms with Crippen molar-refractivity contribution in [2.24, 2.45) is 0 Å². The van der Waals surface area contributed by atoms with Crippen LogP contribution in [0.4, 0.5) is 0 Å². The number of nitrogens with one attached hydrogen (secondary N) is 2. The molecule has 7 nitrogen and oxygen atoms in total. The Bertz CT molecular complexity index is 2280. The van der Waals surface area contributed by atoms with Crippen LogP contribution in [0, 0.1) is 22.1 Å². The molecule has 0 aliphatic heterocycles. The molecule has 0 amide bonds. The van der Waals surface area contributed by atoms with E-state index < -0.39 is 0 Å². The molecule has 0 radical (unpaired) electrons. The maximum Gasteiger partial charge on any atom is 0.221 e. The summed E-state index contributed by atoms with van der Waals surface area (Å²) in [6, 6.07) is 52.0. The van der Waals surface area contributed by atoms with Crippen LogP contribution in [0.3, 0.4) is 0 Å². The van der Waals surface area contributed by atoms with Crippen molar-refractivity contribution in [2.45, 2.75) is 0 Å². The molecule has 0 saturated carbocycles. The van der Waals surface area contributed by atoms with Crippen LogP contribution in [0.1, 0.15) is 16.7 Å². The fraction of sp³-hybridized carbons (Fsp3) is 0. The smallest absolute Gasteiger partial charge is 0.221 e. The van der Waals surface area contributed by atoms with Crippen LogP contribution in [-0.2, 0) is 4.74 Å². The first kappa shape index (κ1) is 30.6. The highest BCUT2D eigenvalue weighted by Gasteiger charge is 2.18. The van der Waals surface area contributed by atoms with Gasteiger partial charge < -0.3 is 4.74 Å². The first-order valence-electron chi connectivity index (χ1n) is 15.6. The van der Waals surface area contributed by atoms with Crippen LogP contribution in [0.2, 0.25) is 0 Å². The molecule has 0 aliphatic rings. The number of hydrogen-bond acceptors (Lipinski definition) is 7. The molecule has 0 bridgehead atoms. The van der Waals surface area contributed by atoms with Crippen LogP contribution in [-0.4, -0.2) is 26.7 Å². The summed E-state index contributed by atoms with van der Waals surface area (Å²) in [6.07, 6.45) is 0. The van der Waals surface area contributed by atoms with Gasteiger partial charge in [0.1, 0.15) is 0 Å². The molecular weight excluding hydrogens is 605 g/mol. The number of rotatable bonds is 7. The zero-order valence-corrected chi connectivity index (χ0v) is 26.2. The molecule has 1 heterocycles. The van der Waals surface area contributed by atoms with E-state index in [-0.39, 0.29) is 11.8 Å². The molecule has 1 aromatic heterocycles. The van der Waals surface area contributed by atoms with Crippen molar-refractivity contribution in [2.75, 3.05) is 0 Å². The summed E-state index contributed by atoms with van der Waals surface area (Å²) in [5.74, 6) is 1.43. The molecule has 7 heteroatoms. The maximum atomic E-state index is 10.3. The number of ether oxygens (including phenoxy) is 1. The summed E-state index contributed by atoms with van der Waals surface area (Å²) in [7, 11) is 0. The molecule has 7 aromatic rings. The predicted molar refractivity (Wildman–Crippen MR) is 193 cm³/mol. The quantitative estimate of drug-likeness (QED) is 0.134. The Morgan fingerprint density at radius 1 is 0.449 bits per heavy atom. The van der Waals surface area contributed by atoms with Gasteiger partial charge >= 0.3 is 0 Å². The highest BCUT2D eigenvalue weighted by Crippen LogP contribution is 2.36. The van der Waals surface area contributed by atoms with E-state index in [1.807, 2.05) is 133 Å². The second kappa shape index (κ2) is 13.8. The number of hydrogen-bond donors (Lipinski definition) is 2. The van der Waals surface area contributed by atoms with Crippen LogP contribution in [0.15, 0.2) is 158 Å². The molecule has 0 spiro atoms. The van der Waals surface area contributed by atoms with E-state index >= 15 is 0 Å². The minimum atomic E-state index is -0.116. The minimum absolute atomic E-state index is 0.0889. The Labute approximate surface area is 283 Å². The molecule has 0 aliphatic carbocycles. The molecule has 49 heavy (non-hydrogen) atoms. The molecule has 0 atom stereocenters. The Kier molecular flexibility index (Phi) is 8.59. The number of benzene rings is 6. The van der Waals surface area contributed by atoms with Crippen molar-refractivity contribution in [1.82, 2.24) is 15.0 Å². The standard InChI is InChI=1S/C42H28N6O/c43-27-34-26-33(28-20-22-30(23-21-28)39(45)49-38(44)29-12-4-1-5-13-29)24-25-35(34)36-18-10-11-19-37(36)42-47-40(31-14-6-2-7-15-31)46-41(48-42)32-16-8-3-9-17-32/h1-26,44-45H. The van der Waals surface area contributed by atoms with Gasteiger partial charge in [0.15, 0.2) is 17.5 Å². The summed E-state index contributed by atoms with van der Waals surface area (Å²) in [6.45, 7) is 0. The summed E-state index contributed by atoms with van der Waals surface area (Å²) >= 11 is 0. The summed E-state index contributed by atoms with van der Waals surface area (Å²) < 4.78 is 5.49. The van der Waals surface area contributed by atoms with Gasteiger partial charge in [0.05, 0.1) is 11.6 Å². The third kappa shape index (κ3) is 6.61. The summed E-state index contributed by atoms with van der Waals surface area (Å²) in [4.78, 5) is 14.7. The van der Waals surface area contributed by atoms with E-state index in [0.29, 0.717) is 34.2 Å². The Hall–Kier alpha value is -7.04. The lowest BCUT2D eigenvalue weighted by molar-refractivity contribution is 0.538. The van der Waals surface area contributed by atoms with Gasteiger partial charge in [-0.2, -0.15) is 5.26 Å². The first-order valence-corrected chi connectivity index (χ1v) is 15.6. The van der Waals surface area contributed by atoms with Crippen molar-refractivity contribution in [3.05, 3.63) is 174 Å². The van der Waals surface area contributed by atoms with Crippen molar-refractivity contribution in [1.29, 1.82) is 16.1 Å². The predicted octanol–water partition coefficient (Wildman–Crippen LogP) is 9.45. The van der Waals surface area contributed by atoms with E-state index in [9.17, 15) is 5.26 Å². The van der Waals surface area contributed by atoms with Crippen molar-refractivity contribution in [3.8, 4) is 62.5 Å². The van der Waals surface area contributed by atoms with Gasteiger partial charge in [-0.25, -0.2) is 15.0 Å². The number of nitriles is 1. The average Bonchev–Trinajstić information content (AvgIpc) is 3.18. The zero-order chi connectivity index (χ0) is 33.6. The third-order valence-corrected chi connectivity index (χ3v) is 8.02. The average molecular weight is 633 g/mol. The van der Waals surface area contributed by atoms with E-state index in [1.165, 1.54) is 0 Å². The first-order chi connectivity index (χ1) is 24.1. The molecule has 2 N–H and O–H groups in total. The van der Waals surface area contributed by atoms with Gasteiger partial charge in [0, 0.05) is 33.4 Å². The largest absolute Gasteiger partial charge is 0.421 e. The van der Waals surface area contributed by atoms with Gasteiger partial charge in [-0.05, 0) is 47.0 Å². The van der Waals surface area contributed by atoms with Crippen molar-refractivity contribution < 1.29 is 4.74 Å². The molecular formula is C42H28N6O. The fourth-order valence-electron chi connectivity index (χ4n) is 5.52. The van der Waals surface area contributed by atoms with Gasteiger partial charge in [0.2, 0.25) is 11.8 Å². The second-order valence-electron chi connectivity index (χ2n) is 11.2. The highest BCUT2D eigenvalue weighted by molar-refractivity contribution is 6.04. The summed E-state index contributed by atoms with van der Waals surface area (Å²) in [5, 5.41) is 26.9. The fourth-order valence-corrected chi connectivity index (χ4v) is 5.52. The molecule has 7 rings (SSSR count). The monoisotopic (exact) mass is 632 g/mol. The topological polar surface area (TPSA) is 119 Å². The van der Waals surface area contributed by atoms with E-state index in [4.69, 9.17) is 30.5 Å². The maximum absolute atomic E-state index is 10.3. The second-order valence-corrected chi connectivity index (χ2v) is 11.2. The van der Waals surface area contributed by atoms with E-state index in [2.05, 4.69) is 6.07 Å². The van der Waals surface area contributed by atoms with E-state index in [1.54, 1.807) is 24.3 Å². The Balaban J connectivity index is 1.22. The van der Waals surface area contributed by atoms with Crippen LogP contribution in [0.25, 0.3) is 56.4 Å². The lowest BCUT2D eigenvalue weighted by Gasteiger charge is -2.14.